The van der Waals surface area contributed by atoms with E-state index in [2.05, 4.69) is 0 Å². The van der Waals surface area contributed by atoms with Crippen LogP contribution in [-0.2, 0) is 0 Å². The highest BCUT2D eigenvalue weighted by Gasteiger charge is 2.13. The molecule has 0 unspecified atom stereocenters. The molecule has 2 rings (SSSR count). The van der Waals surface area contributed by atoms with Crippen LogP contribution in [-0.4, -0.2) is 12.9 Å². The van der Waals surface area contributed by atoms with Crippen molar-refractivity contribution in [3.05, 3.63) is 64.7 Å². The van der Waals surface area contributed by atoms with Crippen molar-refractivity contribution < 1.29 is 18.3 Å². The number of ether oxygens (including phenoxy) is 1. The van der Waals surface area contributed by atoms with E-state index in [1.54, 1.807) is 13.0 Å². The Hall–Kier alpha value is -2.23. The van der Waals surface area contributed by atoms with Gasteiger partial charge in [0.1, 0.15) is 5.82 Å². The van der Waals surface area contributed by atoms with Crippen molar-refractivity contribution in [1.29, 1.82) is 0 Å². The number of ketones is 1. The van der Waals surface area contributed by atoms with Gasteiger partial charge in [-0.05, 0) is 48.9 Å². The van der Waals surface area contributed by atoms with Crippen molar-refractivity contribution >= 4 is 5.78 Å². The van der Waals surface area contributed by atoms with Gasteiger partial charge in [-0.25, -0.2) is 8.78 Å². The summed E-state index contributed by atoms with van der Waals surface area (Å²) in [5.41, 5.74) is 1.13. The van der Waals surface area contributed by atoms with E-state index in [1.807, 2.05) is 0 Å². The van der Waals surface area contributed by atoms with Crippen molar-refractivity contribution in [2.75, 3.05) is 7.11 Å². The summed E-state index contributed by atoms with van der Waals surface area (Å²) in [6, 6.07) is 7.88. The lowest BCUT2D eigenvalue weighted by molar-refractivity contribution is 0.103. The lowest BCUT2D eigenvalue weighted by Gasteiger charge is -2.06. The molecule has 0 atom stereocenters. The Morgan fingerprint density at radius 3 is 2.42 bits per heavy atom. The molecule has 0 aliphatic carbocycles. The normalized spacial score (nSPS) is 10.3. The number of rotatable bonds is 3. The topological polar surface area (TPSA) is 26.3 Å². The third kappa shape index (κ3) is 2.78. The van der Waals surface area contributed by atoms with Gasteiger partial charge in [0, 0.05) is 11.1 Å². The van der Waals surface area contributed by atoms with Crippen molar-refractivity contribution in [2.45, 2.75) is 6.92 Å². The molecule has 0 fully saturated rings. The molecule has 0 radical (unpaired) electrons. The molecule has 2 aromatic rings. The Labute approximate surface area is 109 Å². The van der Waals surface area contributed by atoms with Crippen molar-refractivity contribution in [2.24, 2.45) is 0 Å². The number of methoxy groups -OCH3 is 1. The Morgan fingerprint density at radius 1 is 1.05 bits per heavy atom. The van der Waals surface area contributed by atoms with Crippen LogP contribution in [0.2, 0.25) is 0 Å². The number of aryl methyl sites for hydroxylation is 1. The fourth-order valence-corrected chi connectivity index (χ4v) is 1.84. The molecule has 98 valence electrons. The van der Waals surface area contributed by atoms with Gasteiger partial charge in [0.2, 0.25) is 0 Å². The molecule has 2 aromatic carbocycles. The number of carbonyl (C=O) groups excluding carboxylic acids is 1. The van der Waals surface area contributed by atoms with E-state index in [-0.39, 0.29) is 22.7 Å². The van der Waals surface area contributed by atoms with Crippen LogP contribution in [0.25, 0.3) is 0 Å². The Morgan fingerprint density at radius 2 is 1.79 bits per heavy atom. The Bertz CT molecular complexity index is 616. The number of benzene rings is 2. The van der Waals surface area contributed by atoms with Gasteiger partial charge in [0.05, 0.1) is 7.11 Å². The van der Waals surface area contributed by atoms with E-state index in [4.69, 9.17) is 4.74 Å². The van der Waals surface area contributed by atoms with Gasteiger partial charge in [-0.1, -0.05) is 0 Å². The summed E-state index contributed by atoms with van der Waals surface area (Å²) in [7, 11) is 1.32. The highest BCUT2D eigenvalue weighted by atomic mass is 19.1. The summed E-state index contributed by atoms with van der Waals surface area (Å²) >= 11 is 0. The summed E-state index contributed by atoms with van der Waals surface area (Å²) in [6.45, 7) is 1.70. The zero-order valence-corrected chi connectivity index (χ0v) is 10.5. The van der Waals surface area contributed by atoms with E-state index < -0.39 is 11.6 Å². The van der Waals surface area contributed by atoms with Crippen LogP contribution in [0.3, 0.4) is 0 Å². The highest BCUT2D eigenvalue weighted by Crippen LogP contribution is 2.21. The molecule has 2 nitrogen and oxygen atoms in total. The lowest BCUT2D eigenvalue weighted by atomic mass is 10.0. The van der Waals surface area contributed by atoms with Gasteiger partial charge in [0.25, 0.3) is 0 Å². The molecule has 0 spiro atoms. The minimum atomic E-state index is -0.547. The smallest absolute Gasteiger partial charge is 0.193 e. The molecule has 0 saturated heterocycles. The third-order valence-corrected chi connectivity index (χ3v) is 2.72. The zero-order valence-electron chi connectivity index (χ0n) is 10.5. The second-order valence-electron chi connectivity index (χ2n) is 4.20. The molecule has 0 heterocycles. The molecule has 4 heteroatoms. The maximum Gasteiger partial charge on any atom is 0.193 e. The molecule has 0 aliphatic rings. The van der Waals surface area contributed by atoms with Crippen LogP contribution in [0.4, 0.5) is 8.78 Å². The highest BCUT2D eigenvalue weighted by molar-refractivity contribution is 6.09. The summed E-state index contributed by atoms with van der Waals surface area (Å²) in [5.74, 6) is -1.41. The fourth-order valence-electron chi connectivity index (χ4n) is 1.84. The van der Waals surface area contributed by atoms with Gasteiger partial charge >= 0.3 is 0 Å². The fraction of sp³-hybridized carbons (Fsp3) is 0.133. The third-order valence-electron chi connectivity index (χ3n) is 2.72. The minimum absolute atomic E-state index is 0.0148. The molecule has 0 N–H and O–H groups in total. The lowest BCUT2D eigenvalue weighted by Crippen LogP contribution is -2.03. The molecular weight excluding hydrogens is 250 g/mol. The summed E-state index contributed by atoms with van der Waals surface area (Å²) in [6.07, 6.45) is 0. The van der Waals surface area contributed by atoms with Gasteiger partial charge in [-0.2, -0.15) is 0 Å². The minimum Gasteiger partial charge on any atom is -0.494 e. The average Bonchev–Trinajstić information content (AvgIpc) is 2.37. The van der Waals surface area contributed by atoms with Crippen LogP contribution in [0, 0.1) is 18.6 Å². The van der Waals surface area contributed by atoms with Crippen molar-refractivity contribution in [3.63, 3.8) is 0 Å². The van der Waals surface area contributed by atoms with Crippen LogP contribution in [0.1, 0.15) is 21.5 Å². The molecule has 0 amide bonds. The first-order valence-electron chi connectivity index (χ1n) is 5.66. The van der Waals surface area contributed by atoms with Crippen LogP contribution in [0.15, 0.2) is 36.4 Å². The van der Waals surface area contributed by atoms with Gasteiger partial charge < -0.3 is 4.74 Å². The van der Waals surface area contributed by atoms with E-state index in [9.17, 15) is 13.6 Å². The second kappa shape index (κ2) is 5.18. The van der Waals surface area contributed by atoms with Gasteiger partial charge in [-0.3, -0.25) is 4.79 Å². The monoisotopic (exact) mass is 262 g/mol. The largest absolute Gasteiger partial charge is 0.494 e. The van der Waals surface area contributed by atoms with E-state index in [1.165, 1.54) is 25.3 Å². The van der Waals surface area contributed by atoms with Crippen LogP contribution >= 0.6 is 0 Å². The first-order chi connectivity index (χ1) is 9.01. The summed E-state index contributed by atoms with van der Waals surface area (Å²) in [4.78, 5) is 12.2. The predicted molar refractivity (Wildman–Crippen MR) is 67.5 cm³/mol. The standard InChI is InChI=1S/C15H12F2O2/c1-9-5-11(7-12(16)6-9)15(18)10-3-4-13(17)14(8-10)19-2/h3-8H,1-2H3. The molecule has 0 aliphatic heterocycles. The van der Waals surface area contributed by atoms with Crippen molar-refractivity contribution in [1.82, 2.24) is 0 Å². The quantitative estimate of drug-likeness (QED) is 0.791. The second-order valence-corrected chi connectivity index (χ2v) is 4.20. The predicted octanol–water partition coefficient (Wildman–Crippen LogP) is 3.51. The number of carbonyl (C=O) groups is 1. The van der Waals surface area contributed by atoms with Crippen LogP contribution in [0.5, 0.6) is 5.75 Å². The van der Waals surface area contributed by atoms with Gasteiger partial charge in [0.15, 0.2) is 17.3 Å². The van der Waals surface area contributed by atoms with Gasteiger partial charge in [-0.15, -0.1) is 0 Å². The number of halogens is 2. The van der Waals surface area contributed by atoms with Crippen LogP contribution < -0.4 is 4.74 Å². The van der Waals surface area contributed by atoms with E-state index in [0.29, 0.717) is 5.56 Å². The molecule has 0 aromatic heterocycles. The Kier molecular flexibility index (Phi) is 3.60. The maximum atomic E-state index is 13.3. The summed E-state index contributed by atoms with van der Waals surface area (Å²) < 4.78 is 31.4. The van der Waals surface area contributed by atoms with E-state index >= 15 is 0 Å². The zero-order chi connectivity index (χ0) is 14.0. The average molecular weight is 262 g/mol. The number of hydrogen-bond acceptors (Lipinski definition) is 2. The molecule has 19 heavy (non-hydrogen) atoms. The first-order valence-corrected chi connectivity index (χ1v) is 5.66. The number of hydrogen-bond donors (Lipinski definition) is 0. The molecular formula is C15H12F2O2. The van der Waals surface area contributed by atoms with Crippen molar-refractivity contribution in [3.8, 4) is 5.75 Å². The van der Waals surface area contributed by atoms with E-state index in [0.717, 1.165) is 12.1 Å². The maximum absolute atomic E-state index is 13.3. The summed E-state index contributed by atoms with van der Waals surface area (Å²) in [5, 5.41) is 0. The Balaban J connectivity index is 2.43. The molecule has 0 saturated carbocycles. The first kappa shape index (κ1) is 13.2. The SMILES string of the molecule is COc1cc(C(=O)c2cc(C)cc(F)c2)ccc1F. The molecule has 0 bridgehead atoms.